The lowest BCUT2D eigenvalue weighted by atomic mass is 9.90. The minimum absolute atomic E-state index is 0.00745. The number of nitrogens with zero attached hydrogens (tertiary/aromatic N) is 3. The van der Waals surface area contributed by atoms with Crippen LogP contribution in [0.3, 0.4) is 0 Å². The summed E-state index contributed by atoms with van der Waals surface area (Å²) in [6, 6.07) is 1.99. The van der Waals surface area contributed by atoms with Crippen molar-refractivity contribution >= 4 is 6.03 Å². The number of aryl methyl sites for hydroxylation is 1. The van der Waals surface area contributed by atoms with Crippen molar-refractivity contribution in [2.45, 2.75) is 53.0 Å². The Kier molecular flexibility index (Phi) is 6.31. The molecule has 5 nitrogen and oxygen atoms in total. The number of hydrogen-bond acceptors (Lipinski definition) is 3. The Balaban J connectivity index is 1.40. The first-order valence-corrected chi connectivity index (χ1v) is 10.6. The van der Waals surface area contributed by atoms with Gasteiger partial charge in [-0.1, -0.05) is 20.4 Å². The predicted octanol–water partition coefficient (Wildman–Crippen LogP) is 4.19. The monoisotopic (exact) mass is 384 g/mol. The zero-order chi connectivity index (χ0) is 20.3. The van der Waals surface area contributed by atoms with Gasteiger partial charge in [-0.3, -0.25) is 4.98 Å². The molecule has 154 valence electrons. The number of aromatic nitrogens is 1. The third kappa shape index (κ3) is 4.86. The SMILES string of the molecule is C=C(CC(C)C)N1CCC2(CC1)CC2CNC(=O)N(C)Cc1cnccc1C. The zero-order valence-corrected chi connectivity index (χ0v) is 18.0. The summed E-state index contributed by atoms with van der Waals surface area (Å²) in [5, 5.41) is 3.15. The number of allylic oxidation sites excluding steroid dienone is 1. The third-order valence-electron chi connectivity index (χ3n) is 6.61. The van der Waals surface area contributed by atoms with Crippen LogP contribution >= 0.6 is 0 Å². The van der Waals surface area contributed by atoms with Crippen molar-refractivity contribution in [1.82, 2.24) is 20.1 Å². The second-order valence-electron chi connectivity index (χ2n) is 9.26. The van der Waals surface area contributed by atoms with Crippen molar-refractivity contribution in [3.63, 3.8) is 0 Å². The van der Waals surface area contributed by atoms with Crippen LogP contribution in [0.5, 0.6) is 0 Å². The van der Waals surface area contributed by atoms with Crippen LogP contribution in [0.1, 0.15) is 50.7 Å². The van der Waals surface area contributed by atoms with Gasteiger partial charge in [0.05, 0.1) is 0 Å². The summed E-state index contributed by atoms with van der Waals surface area (Å²) >= 11 is 0. The minimum atomic E-state index is 0.00745. The molecule has 1 unspecified atom stereocenters. The third-order valence-corrected chi connectivity index (χ3v) is 6.61. The van der Waals surface area contributed by atoms with E-state index in [1.165, 1.54) is 30.5 Å². The highest BCUT2D eigenvalue weighted by Crippen LogP contribution is 2.59. The smallest absolute Gasteiger partial charge is 0.317 e. The van der Waals surface area contributed by atoms with E-state index in [1.54, 1.807) is 11.1 Å². The van der Waals surface area contributed by atoms with E-state index in [-0.39, 0.29) is 6.03 Å². The van der Waals surface area contributed by atoms with Crippen LogP contribution in [-0.4, -0.2) is 47.5 Å². The summed E-state index contributed by atoms with van der Waals surface area (Å²) in [7, 11) is 1.85. The van der Waals surface area contributed by atoms with Crippen molar-refractivity contribution < 1.29 is 4.79 Å². The van der Waals surface area contributed by atoms with Crippen molar-refractivity contribution in [1.29, 1.82) is 0 Å². The van der Waals surface area contributed by atoms with Crippen LogP contribution < -0.4 is 5.32 Å². The predicted molar refractivity (Wildman–Crippen MR) is 114 cm³/mol. The average molecular weight is 385 g/mol. The molecule has 5 heteroatoms. The largest absolute Gasteiger partial charge is 0.375 e. The molecule has 0 radical (unpaired) electrons. The molecule has 0 bridgehead atoms. The highest BCUT2D eigenvalue weighted by Gasteiger charge is 2.54. The minimum Gasteiger partial charge on any atom is -0.375 e. The first-order valence-electron chi connectivity index (χ1n) is 10.6. The molecule has 1 aromatic rings. The molecule has 1 saturated carbocycles. The lowest BCUT2D eigenvalue weighted by Crippen LogP contribution is -2.39. The maximum atomic E-state index is 12.5. The molecule has 1 atom stereocenters. The van der Waals surface area contributed by atoms with Gasteiger partial charge in [0.2, 0.25) is 0 Å². The second kappa shape index (κ2) is 8.54. The quantitative estimate of drug-likeness (QED) is 0.767. The fraction of sp³-hybridized carbons (Fsp3) is 0.652. The van der Waals surface area contributed by atoms with Gasteiger partial charge in [0.1, 0.15) is 0 Å². The maximum absolute atomic E-state index is 12.5. The van der Waals surface area contributed by atoms with E-state index in [4.69, 9.17) is 0 Å². The van der Waals surface area contributed by atoms with E-state index in [0.717, 1.165) is 31.6 Å². The molecule has 1 spiro atoms. The highest BCUT2D eigenvalue weighted by molar-refractivity contribution is 5.73. The Morgan fingerprint density at radius 2 is 2.14 bits per heavy atom. The van der Waals surface area contributed by atoms with Crippen LogP contribution in [-0.2, 0) is 6.54 Å². The van der Waals surface area contributed by atoms with Crippen LogP contribution in [0.2, 0.25) is 0 Å². The summed E-state index contributed by atoms with van der Waals surface area (Å²) in [5.41, 5.74) is 4.02. The molecule has 2 heterocycles. The summed E-state index contributed by atoms with van der Waals surface area (Å²) in [5.74, 6) is 1.30. The van der Waals surface area contributed by atoms with Crippen LogP contribution in [0.4, 0.5) is 4.79 Å². The van der Waals surface area contributed by atoms with E-state index < -0.39 is 0 Å². The first kappa shape index (κ1) is 20.7. The lowest BCUT2D eigenvalue weighted by Gasteiger charge is -2.36. The summed E-state index contributed by atoms with van der Waals surface area (Å²) in [6.45, 7) is 14.5. The molecule has 3 rings (SSSR count). The summed E-state index contributed by atoms with van der Waals surface area (Å²) < 4.78 is 0. The van der Waals surface area contributed by atoms with Gasteiger partial charge in [-0.15, -0.1) is 0 Å². The van der Waals surface area contributed by atoms with Gasteiger partial charge >= 0.3 is 6.03 Å². The summed E-state index contributed by atoms with van der Waals surface area (Å²) in [4.78, 5) is 20.9. The van der Waals surface area contributed by atoms with Gasteiger partial charge in [-0.2, -0.15) is 0 Å². The number of nitrogens with one attached hydrogen (secondary N) is 1. The summed E-state index contributed by atoms with van der Waals surface area (Å²) in [6.07, 6.45) is 8.44. The number of pyridine rings is 1. The van der Waals surface area contributed by atoms with Gasteiger partial charge in [-0.25, -0.2) is 4.79 Å². The number of likely N-dealkylation sites (tertiary alicyclic amines) is 1. The Hall–Kier alpha value is -2.04. The van der Waals surface area contributed by atoms with Crippen molar-refractivity contribution in [2.24, 2.45) is 17.3 Å². The van der Waals surface area contributed by atoms with E-state index >= 15 is 0 Å². The molecule has 2 aliphatic rings. The Morgan fingerprint density at radius 1 is 1.43 bits per heavy atom. The van der Waals surface area contributed by atoms with Crippen LogP contribution in [0, 0.1) is 24.2 Å². The zero-order valence-electron chi connectivity index (χ0n) is 18.0. The number of rotatable bonds is 7. The average Bonchev–Trinajstić information content (AvgIpc) is 3.33. The molecule has 1 aliphatic heterocycles. The lowest BCUT2D eigenvalue weighted by molar-refractivity contribution is 0.187. The number of urea groups is 1. The number of piperidine rings is 1. The molecule has 1 N–H and O–H groups in total. The van der Waals surface area contributed by atoms with Gasteiger partial charge in [-0.05, 0) is 67.1 Å². The van der Waals surface area contributed by atoms with E-state index in [0.29, 0.717) is 23.8 Å². The Morgan fingerprint density at radius 3 is 2.79 bits per heavy atom. The molecule has 2 fully saturated rings. The van der Waals surface area contributed by atoms with Gasteiger partial charge in [0, 0.05) is 51.3 Å². The van der Waals surface area contributed by atoms with Crippen molar-refractivity contribution in [3.8, 4) is 0 Å². The van der Waals surface area contributed by atoms with E-state index in [9.17, 15) is 4.79 Å². The molecule has 1 aliphatic carbocycles. The molecular weight excluding hydrogens is 348 g/mol. The van der Waals surface area contributed by atoms with Gasteiger partial charge in [0.15, 0.2) is 0 Å². The Bertz CT molecular complexity index is 706. The standard InChI is InChI=1S/C23H36N4O/c1-17(2)12-19(4)27-10-7-23(8-11-27)13-21(23)15-25-22(28)26(5)16-20-14-24-9-6-18(20)3/h6,9,14,17,21H,4,7-8,10-13,15-16H2,1-3,5H3,(H,25,28). The first-order chi connectivity index (χ1) is 13.3. The van der Waals surface area contributed by atoms with E-state index in [1.807, 2.05) is 19.3 Å². The Labute approximate surface area is 170 Å². The maximum Gasteiger partial charge on any atom is 0.317 e. The number of amides is 2. The molecule has 1 aromatic heterocycles. The highest BCUT2D eigenvalue weighted by atomic mass is 16.2. The molecule has 1 saturated heterocycles. The van der Waals surface area contributed by atoms with Crippen molar-refractivity contribution in [3.05, 3.63) is 41.9 Å². The number of hydrogen-bond donors (Lipinski definition) is 1. The number of carbonyl (C=O) groups is 1. The van der Waals surface area contributed by atoms with Gasteiger partial charge < -0.3 is 15.1 Å². The second-order valence-corrected chi connectivity index (χ2v) is 9.26. The van der Waals surface area contributed by atoms with Crippen LogP contribution in [0.15, 0.2) is 30.7 Å². The van der Waals surface area contributed by atoms with Gasteiger partial charge in [0.25, 0.3) is 0 Å². The fourth-order valence-electron chi connectivity index (χ4n) is 4.54. The topological polar surface area (TPSA) is 48.5 Å². The fourth-order valence-corrected chi connectivity index (χ4v) is 4.54. The normalized spacial score (nSPS) is 20.3. The molecule has 28 heavy (non-hydrogen) atoms. The molecular formula is C23H36N4O. The van der Waals surface area contributed by atoms with Crippen molar-refractivity contribution in [2.75, 3.05) is 26.7 Å². The molecule has 0 aromatic carbocycles. The van der Waals surface area contributed by atoms with Crippen LogP contribution in [0.25, 0.3) is 0 Å². The molecule has 2 amide bonds. The van der Waals surface area contributed by atoms with E-state index in [2.05, 4.69) is 42.6 Å². The number of carbonyl (C=O) groups excluding carboxylic acids is 1.